The third-order valence-electron chi connectivity index (χ3n) is 14.3. The summed E-state index contributed by atoms with van der Waals surface area (Å²) in [4.78, 5) is 111. The summed E-state index contributed by atoms with van der Waals surface area (Å²) in [6.07, 6.45) is 3.52. The van der Waals surface area contributed by atoms with Crippen molar-refractivity contribution in [3.63, 3.8) is 0 Å². The van der Waals surface area contributed by atoms with Crippen LogP contribution in [0.5, 0.6) is 0 Å². The zero-order valence-electron chi connectivity index (χ0n) is 47.3. The summed E-state index contributed by atoms with van der Waals surface area (Å²) in [6.45, 7) is 5.71. The predicted octanol–water partition coefficient (Wildman–Crippen LogP) is 5.07. The van der Waals surface area contributed by atoms with Crippen molar-refractivity contribution in [2.45, 2.75) is 122 Å². The van der Waals surface area contributed by atoms with Gasteiger partial charge < -0.3 is 61.1 Å². The first kappa shape index (κ1) is 64.1. The number of nitrogens with one attached hydrogen (secondary N) is 4. The lowest BCUT2D eigenvalue weighted by molar-refractivity contribution is -0.145. The number of aliphatic hydroxyl groups is 2. The van der Waals surface area contributed by atoms with Crippen molar-refractivity contribution in [2.24, 2.45) is 17.6 Å². The molecule has 0 saturated carbocycles. The predicted molar refractivity (Wildman–Crippen MR) is 301 cm³/mol. The Morgan fingerprint density at radius 2 is 1.55 bits per heavy atom. The molecule has 0 bridgehead atoms. The van der Waals surface area contributed by atoms with Crippen LogP contribution in [-0.2, 0) is 51.4 Å². The molecule has 0 radical (unpaired) electrons. The van der Waals surface area contributed by atoms with Gasteiger partial charge in [-0.25, -0.2) is 23.4 Å². The third kappa shape index (κ3) is 19.2. The Morgan fingerprint density at radius 3 is 2.22 bits per heavy atom. The van der Waals surface area contributed by atoms with E-state index in [1.807, 2.05) is 30.3 Å². The number of carbonyl (C=O) groups is 8. The highest BCUT2D eigenvalue weighted by molar-refractivity contribution is 6.12. The molecule has 9 amide bonds. The van der Waals surface area contributed by atoms with E-state index in [9.17, 15) is 53.0 Å². The first-order chi connectivity index (χ1) is 39.7. The van der Waals surface area contributed by atoms with Crippen molar-refractivity contribution in [1.29, 1.82) is 0 Å². The fourth-order valence-electron chi connectivity index (χ4n) is 9.81. The van der Waals surface area contributed by atoms with Crippen LogP contribution in [-0.4, -0.2) is 153 Å². The molecule has 2 aliphatic heterocycles. The molecule has 24 heteroatoms. The number of ether oxygens (including phenoxy) is 2. The van der Waals surface area contributed by atoms with E-state index in [0.29, 0.717) is 62.4 Å². The smallest absolute Gasteiger partial charge is 0.409 e. The molecule has 3 heterocycles. The van der Waals surface area contributed by atoms with Gasteiger partial charge in [-0.05, 0) is 105 Å². The number of nitrogens with zero attached hydrogens (tertiary/aromatic N) is 5. The largest absolute Gasteiger partial charge is 0.445 e. The van der Waals surface area contributed by atoms with E-state index in [1.165, 1.54) is 35.9 Å². The summed E-state index contributed by atoms with van der Waals surface area (Å²) in [5.41, 5.74) is 7.04. The van der Waals surface area contributed by atoms with Crippen LogP contribution < -0.4 is 27.0 Å². The number of unbranched alkanes of at least 4 members (excludes halogenated alkanes) is 2. The molecule has 1 fully saturated rings. The average molecular weight is 1160 g/mol. The number of benzene rings is 3. The molecule has 0 aliphatic carbocycles. The van der Waals surface area contributed by atoms with E-state index in [1.54, 1.807) is 48.9 Å². The van der Waals surface area contributed by atoms with Crippen LogP contribution in [0.15, 0.2) is 91.1 Å². The number of primary amides is 1. The summed E-state index contributed by atoms with van der Waals surface area (Å²) < 4.78 is 42.9. The fraction of sp³-hybridized carbons (Fsp3) is 0.475. The number of hydrogen-bond donors (Lipinski definition) is 7. The van der Waals surface area contributed by atoms with Crippen molar-refractivity contribution in [1.82, 2.24) is 40.2 Å². The van der Waals surface area contributed by atoms with E-state index in [4.69, 9.17) is 20.2 Å². The van der Waals surface area contributed by atoms with E-state index in [2.05, 4.69) is 21.3 Å². The van der Waals surface area contributed by atoms with Crippen molar-refractivity contribution in [2.75, 3.05) is 51.8 Å². The van der Waals surface area contributed by atoms with E-state index in [0.717, 1.165) is 28.7 Å². The minimum Gasteiger partial charge on any atom is -0.445 e. The molecule has 8 N–H and O–H groups in total. The Labute approximate surface area is 481 Å². The number of hydrogen-bond acceptors (Lipinski definition) is 13. The first-order valence-electron chi connectivity index (χ1n) is 27.9. The van der Waals surface area contributed by atoms with Gasteiger partial charge in [0.25, 0.3) is 17.7 Å². The number of carbonyl (C=O) groups excluding carboxylic acids is 8. The molecule has 4 aromatic rings. The Bertz CT molecular complexity index is 2880. The molecule has 1 aromatic heterocycles. The summed E-state index contributed by atoms with van der Waals surface area (Å²) in [5, 5.41) is 32.9. The highest BCUT2D eigenvalue weighted by Crippen LogP contribution is 2.38. The van der Waals surface area contributed by atoms with Crippen LogP contribution in [0.1, 0.15) is 102 Å². The molecule has 83 heavy (non-hydrogen) atoms. The summed E-state index contributed by atoms with van der Waals surface area (Å²) in [7, 11) is 1.44. The number of aromatic nitrogens is 2. The van der Waals surface area contributed by atoms with Gasteiger partial charge in [0.2, 0.25) is 17.7 Å². The van der Waals surface area contributed by atoms with Gasteiger partial charge in [-0.3, -0.25) is 33.7 Å². The van der Waals surface area contributed by atoms with Gasteiger partial charge in [-0.2, -0.15) is 0 Å². The number of imidazole rings is 1. The van der Waals surface area contributed by atoms with Gasteiger partial charge in [0.15, 0.2) is 0 Å². The number of halogens is 2. The minimum absolute atomic E-state index is 0.0481. The highest BCUT2D eigenvalue weighted by atomic mass is 19.1. The standard InChI is InChI=1S/C59H76F2N10O12/c1-37(2)52(67-49(74)15-9-6-10-28-70-50(75)22-23-51(70)76)56(78)66-47(14-11-27-63-58(62)80)55(77)64-43-19-16-40(17-20-43)36-83-59(81)68(4)34-44(73)24-29-71(57(79)38(3)72)53(41-25-30-82-31-26-41)54-65-48(45-32-42(60)18-21-46(45)61)35-69(54)33-39-12-7-5-8-13-39/h5,7-8,12-13,16-23,32,35,37-38,41,44,47,52-53,72-73H,6,9-11,14-15,24-31,33-34,36H2,1-4H3,(H,64,77)(H,66,78)(H,67,74)(H3,62,63,80). The Kier molecular flexibility index (Phi) is 24.2. The molecule has 1 saturated heterocycles. The summed E-state index contributed by atoms with van der Waals surface area (Å²) >= 11 is 0. The van der Waals surface area contributed by atoms with Gasteiger partial charge in [0.05, 0.1) is 17.8 Å². The van der Waals surface area contributed by atoms with E-state index in [-0.39, 0.29) is 99.9 Å². The maximum Gasteiger partial charge on any atom is 0.409 e. The lowest BCUT2D eigenvalue weighted by Crippen LogP contribution is -2.54. The number of amides is 9. The lowest BCUT2D eigenvalue weighted by Gasteiger charge is -2.39. The van der Waals surface area contributed by atoms with Gasteiger partial charge in [-0.15, -0.1) is 0 Å². The van der Waals surface area contributed by atoms with Crippen LogP contribution >= 0.6 is 0 Å². The molecule has 3 aromatic carbocycles. The quantitative estimate of drug-likeness (QED) is 0.0265. The molecule has 448 valence electrons. The van der Waals surface area contributed by atoms with Crippen molar-refractivity contribution >= 4 is 53.3 Å². The zero-order valence-corrected chi connectivity index (χ0v) is 47.3. The third-order valence-corrected chi connectivity index (χ3v) is 14.3. The molecule has 6 rings (SSSR count). The minimum atomic E-state index is -1.46. The Hall–Kier alpha value is -8.09. The van der Waals surface area contributed by atoms with Gasteiger partial charge in [0.1, 0.15) is 42.3 Å². The average Bonchev–Trinajstić information content (AvgIpc) is 3.70. The number of imide groups is 1. The topological polar surface area (TPSA) is 297 Å². The molecular formula is C59H76F2N10O12. The molecular weight excluding hydrogens is 1080 g/mol. The van der Waals surface area contributed by atoms with Gasteiger partial charge in [-0.1, -0.05) is 62.7 Å². The van der Waals surface area contributed by atoms with E-state index >= 15 is 4.39 Å². The number of urea groups is 1. The number of nitrogens with two attached hydrogens (primary N) is 1. The molecule has 0 spiro atoms. The maximum atomic E-state index is 15.3. The van der Waals surface area contributed by atoms with Crippen LogP contribution in [0.4, 0.5) is 24.1 Å². The van der Waals surface area contributed by atoms with Crippen molar-refractivity contribution < 1.29 is 66.8 Å². The maximum absolute atomic E-state index is 15.3. The van der Waals surface area contributed by atoms with Crippen molar-refractivity contribution in [3.05, 3.63) is 120 Å². The molecule has 22 nitrogen and oxygen atoms in total. The number of aliphatic hydroxyl groups excluding tert-OH is 2. The molecule has 2 aliphatic rings. The zero-order chi connectivity index (χ0) is 60.2. The number of anilines is 1. The van der Waals surface area contributed by atoms with Crippen LogP contribution in [0.25, 0.3) is 11.3 Å². The van der Waals surface area contributed by atoms with Gasteiger partial charge in [0, 0.05) is 89.0 Å². The van der Waals surface area contributed by atoms with Crippen LogP contribution in [0, 0.1) is 23.5 Å². The lowest BCUT2D eigenvalue weighted by atomic mass is 9.89. The second kappa shape index (κ2) is 31.4. The first-order valence-corrected chi connectivity index (χ1v) is 27.9. The SMILES string of the molecule is CC(O)C(=O)N(CCC(O)CN(C)C(=O)OCc1ccc(NC(=O)C(CCCNC(N)=O)NC(=O)C(NC(=O)CCCCCN2C(=O)C=CC2=O)C(C)C)cc1)C(c1nc(-c2cc(F)ccc2F)cn1Cc1ccccc1)C1CCOCC1. The van der Waals surface area contributed by atoms with Crippen LogP contribution in [0.3, 0.4) is 0 Å². The normalized spacial score (nSPS) is 15.3. The Morgan fingerprint density at radius 1 is 0.855 bits per heavy atom. The molecule has 5 unspecified atom stereocenters. The van der Waals surface area contributed by atoms with Crippen molar-refractivity contribution in [3.8, 4) is 11.3 Å². The van der Waals surface area contributed by atoms with Crippen LogP contribution in [0.2, 0.25) is 0 Å². The highest BCUT2D eigenvalue weighted by Gasteiger charge is 2.39. The number of likely N-dealkylation sites (N-methyl/N-ethyl adjacent to an activating group) is 1. The molecule has 5 atom stereocenters. The second-order valence-electron chi connectivity index (χ2n) is 21.1. The number of rotatable bonds is 30. The van der Waals surface area contributed by atoms with E-state index < -0.39 is 77.7 Å². The summed E-state index contributed by atoms with van der Waals surface area (Å²) in [5.74, 6) is -4.58. The fourth-order valence-corrected chi connectivity index (χ4v) is 9.81. The van der Waals surface area contributed by atoms with Gasteiger partial charge >= 0.3 is 12.1 Å². The Balaban J connectivity index is 1.05. The second-order valence-corrected chi connectivity index (χ2v) is 21.1. The monoisotopic (exact) mass is 1150 g/mol. The summed E-state index contributed by atoms with van der Waals surface area (Å²) in [6, 6.07) is 15.2.